The molecule has 0 atom stereocenters. The van der Waals surface area contributed by atoms with Crippen molar-refractivity contribution in [1.82, 2.24) is 0 Å². The molecule has 8 heteroatoms. The normalized spacial score (nSPS) is 17.1. The van der Waals surface area contributed by atoms with E-state index in [4.69, 9.17) is 18.8 Å². The first-order valence-electron chi connectivity index (χ1n) is 13.0. The fourth-order valence-electron chi connectivity index (χ4n) is 5.58. The van der Waals surface area contributed by atoms with Crippen LogP contribution in [0.15, 0.2) is 18.2 Å². The Balaban J connectivity index is 2.37. The van der Waals surface area contributed by atoms with Crippen molar-refractivity contribution in [1.29, 1.82) is 0 Å². The Labute approximate surface area is 222 Å². The first-order valence-corrected chi connectivity index (χ1v) is 15.3. The average molecular weight is 531 g/mol. The second-order valence-corrected chi connectivity index (χ2v) is 17.5. The highest BCUT2D eigenvalue weighted by Crippen LogP contribution is 2.41. The van der Waals surface area contributed by atoms with Gasteiger partial charge in [0.2, 0.25) is 0 Å². The molecular formula is C29H41BF2O4Si. The van der Waals surface area contributed by atoms with Crippen LogP contribution in [0.5, 0.6) is 5.75 Å². The van der Waals surface area contributed by atoms with Gasteiger partial charge >= 0.3 is 7.12 Å². The first kappa shape index (κ1) is 29.6. The summed E-state index contributed by atoms with van der Waals surface area (Å²) in [5.74, 6) is 1.71. The van der Waals surface area contributed by atoms with Crippen LogP contribution in [-0.2, 0) is 14.0 Å². The van der Waals surface area contributed by atoms with Gasteiger partial charge in [-0.25, -0.2) is 8.78 Å². The Bertz CT molecular complexity index is 1180. The van der Waals surface area contributed by atoms with Crippen molar-refractivity contribution in [2.24, 2.45) is 0 Å². The largest absolute Gasteiger partial charge is 0.495 e. The number of methoxy groups -OCH3 is 1. The van der Waals surface area contributed by atoms with Gasteiger partial charge in [-0.1, -0.05) is 47.5 Å². The molecule has 1 aliphatic heterocycles. The highest BCUT2D eigenvalue weighted by atomic mass is 28.3. The molecule has 0 amide bonds. The van der Waals surface area contributed by atoms with Crippen LogP contribution in [0.1, 0.15) is 74.8 Å². The molecule has 2 aromatic carbocycles. The number of hydrogen-bond donors (Lipinski definition) is 0. The van der Waals surface area contributed by atoms with Crippen LogP contribution in [0.2, 0.25) is 16.6 Å². The lowest BCUT2D eigenvalue weighted by atomic mass is 9.74. The highest BCUT2D eigenvalue weighted by molar-refractivity contribution is 6.90. The topological polar surface area (TPSA) is 36.9 Å². The second kappa shape index (κ2) is 10.7. The van der Waals surface area contributed by atoms with Crippen LogP contribution in [0.3, 0.4) is 0 Å². The predicted octanol–water partition coefficient (Wildman–Crippen LogP) is 6.97. The predicted molar refractivity (Wildman–Crippen MR) is 150 cm³/mol. The summed E-state index contributed by atoms with van der Waals surface area (Å²) in [6, 6.07) is 4.61. The summed E-state index contributed by atoms with van der Waals surface area (Å²) in [5, 5.41) is 0.946. The van der Waals surface area contributed by atoms with E-state index < -0.39 is 38.0 Å². The molecule has 4 nitrogen and oxygen atoms in total. The van der Waals surface area contributed by atoms with Crippen LogP contribution < -0.4 is 10.2 Å². The molecule has 1 aliphatic rings. The summed E-state index contributed by atoms with van der Waals surface area (Å²) < 4.78 is 54.0. The van der Waals surface area contributed by atoms with Crippen molar-refractivity contribution in [2.45, 2.75) is 97.1 Å². The van der Waals surface area contributed by atoms with Crippen LogP contribution in [0, 0.1) is 23.1 Å². The Kier molecular flexibility index (Phi) is 8.56. The van der Waals surface area contributed by atoms with E-state index >= 15 is 4.39 Å². The lowest BCUT2D eigenvalue weighted by molar-refractivity contribution is 0.00578. The summed E-state index contributed by atoms with van der Waals surface area (Å²) in [5.41, 5.74) is 3.95. The number of benzene rings is 2. The van der Waals surface area contributed by atoms with Gasteiger partial charge < -0.3 is 18.8 Å². The number of rotatable bonds is 7. The fraction of sp³-hybridized carbons (Fsp3) is 0.586. The summed E-state index contributed by atoms with van der Waals surface area (Å²) in [6.07, 6.45) is 0. The van der Waals surface area contributed by atoms with E-state index in [1.807, 2.05) is 27.7 Å². The van der Waals surface area contributed by atoms with Crippen molar-refractivity contribution >= 4 is 31.4 Å². The van der Waals surface area contributed by atoms with Crippen molar-refractivity contribution in [3.63, 3.8) is 0 Å². The molecule has 1 saturated heterocycles. The Morgan fingerprint density at radius 3 is 1.95 bits per heavy atom. The Morgan fingerprint density at radius 2 is 1.46 bits per heavy atom. The maximum Gasteiger partial charge on any atom is 0.495 e. The zero-order chi connectivity index (χ0) is 27.9. The highest BCUT2D eigenvalue weighted by Gasteiger charge is 2.52. The van der Waals surface area contributed by atoms with Crippen molar-refractivity contribution in [3.05, 3.63) is 35.4 Å². The fourth-order valence-corrected chi connectivity index (χ4v) is 10.8. The molecule has 3 rings (SSSR count). The molecule has 1 fully saturated rings. The van der Waals surface area contributed by atoms with Gasteiger partial charge in [0.05, 0.1) is 16.8 Å². The maximum absolute atomic E-state index is 15.6. The number of fused-ring (bicyclic) bond motifs is 1. The standard InChI is InChI=1S/C29H41BF2O4Si/c1-18(2)37(19(3)4,20(5)6)13-12-23-26-21(15-25(31)27(23)32)14-22(34-17-33-11)16-24(26)30-35-28(7,8)29(9,10)36-30/h14-16,18-20H,17H2,1-11H3. The second-order valence-electron chi connectivity index (χ2n) is 11.9. The number of hydrogen-bond acceptors (Lipinski definition) is 4. The SMILES string of the molecule is COCOc1cc(B2OC(C)(C)C(C)(C)O2)c2c(C#C[Si](C(C)C)(C(C)C)C(C)C)c(F)c(F)cc2c1. The van der Waals surface area contributed by atoms with Crippen LogP contribution in [-0.4, -0.2) is 40.3 Å². The third-order valence-corrected chi connectivity index (χ3v) is 14.5. The molecule has 1 heterocycles. The third-order valence-electron chi connectivity index (χ3n) is 8.25. The minimum absolute atomic E-state index is 0.00986. The van der Waals surface area contributed by atoms with E-state index in [0.29, 0.717) is 38.6 Å². The molecule has 202 valence electrons. The van der Waals surface area contributed by atoms with Gasteiger partial charge in [-0.3, -0.25) is 0 Å². The van der Waals surface area contributed by atoms with Gasteiger partial charge in [0.15, 0.2) is 18.4 Å². The lowest BCUT2D eigenvalue weighted by Crippen LogP contribution is -2.43. The summed E-state index contributed by atoms with van der Waals surface area (Å²) in [6.45, 7) is 21.0. The smallest absolute Gasteiger partial charge is 0.468 e. The molecule has 0 aromatic heterocycles. The van der Waals surface area contributed by atoms with Gasteiger partial charge in [0, 0.05) is 12.5 Å². The number of halogens is 2. The van der Waals surface area contributed by atoms with Crippen LogP contribution >= 0.6 is 0 Å². The molecule has 0 N–H and O–H groups in total. The summed E-state index contributed by atoms with van der Waals surface area (Å²) in [7, 11) is -1.51. The Hall–Kier alpha value is -1.92. The third kappa shape index (κ3) is 5.34. The van der Waals surface area contributed by atoms with E-state index in [9.17, 15) is 4.39 Å². The van der Waals surface area contributed by atoms with Gasteiger partial charge in [0.25, 0.3) is 0 Å². The molecule has 0 spiro atoms. The lowest BCUT2D eigenvalue weighted by Gasteiger charge is -2.38. The van der Waals surface area contributed by atoms with E-state index in [-0.39, 0.29) is 12.4 Å². The molecular weight excluding hydrogens is 489 g/mol. The molecule has 37 heavy (non-hydrogen) atoms. The zero-order valence-electron chi connectivity index (χ0n) is 24.1. The van der Waals surface area contributed by atoms with E-state index in [1.165, 1.54) is 13.2 Å². The molecule has 0 saturated carbocycles. The van der Waals surface area contributed by atoms with E-state index in [1.54, 1.807) is 12.1 Å². The maximum atomic E-state index is 15.6. The van der Waals surface area contributed by atoms with Gasteiger partial charge in [0.1, 0.15) is 13.8 Å². The van der Waals surface area contributed by atoms with E-state index in [0.717, 1.165) is 0 Å². The first-order chi connectivity index (χ1) is 17.1. The van der Waals surface area contributed by atoms with Crippen molar-refractivity contribution < 1.29 is 27.6 Å². The average Bonchev–Trinajstić information content (AvgIpc) is 3.00. The van der Waals surface area contributed by atoms with Gasteiger partial charge in [-0.15, -0.1) is 5.54 Å². The van der Waals surface area contributed by atoms with Crippen molar-refractivity contribution in [2.75, 3.05) is 13.9 Å². The summed E-state index contributed by atoms with van der Waals surface area (Å²) >= 11 is 0. The number of ether oxygens (including phenoxy) is 2. The van der Waals surface area contributed by atoms with Gasteiger partial charge in [-0.05, 0) is 73.4 Å². The zero-order valence-corrected chi connectivity index (χ0v) is 25.1. The van der Waals surface area contributed by atoms with Crippen LogP contribution in [0.4, 0.5) is 8.78 Å². The quantitative estimate of drug-likeness (QED) is 0.220. The van der Waals surface area contributed by atoms with Crippen molar-refractivity contribution in [3.8, 4) is 17.2 Å². The minimum Gasteiger partial charge on any atom is -0.468 e. The Morgan fingerprint density at radius 1 is 0.919 bits per heavy atom. The molecule has 0 unspecified atom stereocenters. The molecule has 0 bridgehead atoms. The van der Waals surface area contributed by atoms with E-state index in [2.05, 4.69) is 53.0 Å². The van der Waals surface area contributed by atoms with Gasteiger partial charge in [-0.2, -0.15) is 0 Å². The summed E-state index contributed by atoms with van der Waals surface area (Å²) in [4.78, 5) is 0. The molecule has 2 aromatic rings. The molecule has 0 radical (unpaired) electrons. The molecule has 0 aliphatic carbocycles. The monoisotopic (exact) mass is 530 g/mol. The minimum atomic E-state index is -2.22. The van der Waals surface area contributed by atoms with Crippen LogP contribution in [0.25, 0.3) is 10.8 Å².